The van der Waals surface area contributed by atoms with Crippen molar-refractivity contribution in [1.29, 1.82) is 0 Å². The van der Waals surface area contributed by atoms with E-state index in [-0.39, 0.29) is 13.0 Å². The summed E-state index contributed by atoms with van der Waals surface area (Å²) in [6.45, 7) is 3.04. The number of carbonyl (C=O) groups is 1. The van der Waals surface area contributed by atoms with Crippen LogP contribution in [0.4, 0.5) is 0 Å². The molecule has 0 spiro atoms. The van der Waals surface area contributed by atoms with Crippen molar-refractivity contribution in [2.75, 3.05) is 33.0 Å². The van der Waals surface area contributed by atoms with Gasteiger partial charge in [-0.05, 0) is 83.5 Å². The lowest BCUT2D eigenvalue weighted by atomic mass is 10.1. The first kappa shape index (κ1) is 52.9. The molecule has 56 heavy (non-hydrogen) atoms. The number of carbonyl (C=O) groups excluding carboxylic acids is 1. The highest BCUT2D eigenvalue weighted by Gasteiger charge is 2.26. The van der Waals surface area contributed by atoms with E-state index >= 15 is 0 Å². The van der Waals surface area contributed by atoms with E-state index < -0.39 is 45.8 Å². The van der Waals surface area contributed by atoms with Crippen molar-refractivity contribution in [2.45, 2.75) is 129 Å². The van der Waals surface area contributed by atoms with Gasteiger partial charge >= 0.3 is 13.8 Å². The van der Waals surface area contributed by atoms with Crippen LogP contribution < -0.4 is 0 Å². The summed E-state index contributed by atoms with van der Waals surface area (Å²) < 4.78 is 33.1. The molecule has 0 radical (unpaired) electrons. The van der Waals surface area contributed by atoms with Crippen molar-refractivity contribution < 1.29 is 43.0 Å². The Balaban J connectivity index is 4.41. The fraction of sp³-hybridized carbons (Fsp3) is 0.543. The van der Waals surface area contributed by atoms with Crippen LogP contribution in [0.25, 0.3) is 0 Å². The number of unbranched alkanes of at least 4 members (excludes halogenated alkanes) is 4. The van der Waals surface area contributed by atoms with Crippen LogP contribution in [-0.4, -0.2) is 66.3 Å². The number of allylic oxidation sites excluding steroid dienone is 19. The smallest absolute Gasteiger partial charge is 0.457 e. The SMILES string of the molecule is CC/C=C\C/C=C\C/C=C\C/C=C\C/C=C\CCCCCCOCC(COP(=O)(O)OCC(O)CO)OC(=O)C/C=C\C/C=C\C/C=C\C/C=C\C/C=C\CC. The molecule has 0 fully saturated rings. The van der Waals surface area contributed by atoms with Gasteiger partial charge in [-0.15, -0.1) is 0 Å². The zero-order chi connectivity index (χ0) is 41.1. The maximum absolute atomic E-state index is 12.5. The molecule has 0 saturated heterocycles. The van der Waals surface area contributed by atoms with Gasteiger partial charge in [0.05, 0.1) is 32.8 Å². The Morgan fingerprint density at radius 1 is 0.554 bits per heavy atom. The quantitative estimate of drug-likeness (QED) is 0.0243. The van der Waals surface area contributed by atoms with Crippen molar-refractivity contribution in [3.8, 4) is 0 Å². The zero-order valence-corrected chi connectivity index (χ0v) is 35.2. The summed E-state index contributed by atoms with van der Waals surface area (Å²) in [4.78, 5) is 22.5. The molecular weight excluding hydrogens is 727 g/mol. The van der Waals surface area contributed by atoms with Crippen molar-refractivity contribution in [2.24, 2.45) is 0 Å². The molecule has 0 aliphatic rings. The second-order valence-corrected chi connectivity index (χ2v) is 14.4. The minimum absolute atomic E-state index is 0.0172. The van der Waals surface area contributed by atoms with Gasteiger partial charge in [0.2, 0.25) is 0 Å². The van der Waals surface area contributed by atoms with E-state index in [0.717, 1.165) is 89.9 Å². The molecule has 3 atom stereocenters. The fourth-order valence-electron chi connectivity index (χ4n) is 4.63. The molecule has 0 aromatic rings. The van der Waals surface area contributed by atoms with Crippen molar-refractivity contribution in [3.63, 3.8) is 0 Å². The minimum Gasteiger partial charge on any atom is -0.457 e. The molecule has 0 aromatic carbocycles. The van der Waals surface area contributed by atoms with E-state index in [1.165, 1.54) is 0 Å². The molecule has 3 N–H and O–H groups in total. The molecule has 0 aliphatic carbocycles. The Morgan fingerprint density at radius 3 is 1.43 bits per heavy atom. The Morgan fingerprint density at radius 2 is 0.964 bits per heavy atom. The highest BCUT2D eigenvalue weighted by molar-refractivity contribution is 7.47. The summed E-state index contributed by atoms with van der Waals surface area (Å²) in [6, 6.07) is 0. The number of hydrogen-bond acceptors (Lipinski definition) is 8. The lowest BCUT2D eigenvalue weighted by Crippen LogP contribution is -2.28. The largest absolute Gasteiger partial charge is 0.472 e. The molecule has 0 amide bonds. The average molecular weight is 801 g/mol. The number of phosphoric acid groups is 1. The monoisotopic (exact) mass is 800 g/mol. The summed E-state index contributed by atoms with van der Waals surface area (Å²) in [5.41, 5.74) is 0. The lowest BCUT2D eigenvalue weighted by molar-refractivity contribution is -0.153. The van der Waals surface area contributed by atoms with E-state index in [0.29, 0.717) is 13.0 Å². The first-order valence-corrected chi connectivity index (χ1v) is 22.0. The molecular formula is C46H73O9P. The van der Waals surface area contributed by atoms with Crippen molar-refractivity contribution >= 4 is 13.8 Å². The zero-order valence-electron chi connectivity index (χ0n) is 34.3. The van der Waals surface area contributed by atoms with Gasteiger partial charge in [-0.1, -0.05) is 148 Å². The first-order valence-electron chi connectivity index (χ1n) is 20.5. The van der Waals surface area contributed by atoms with Crippen LogP contribution in [0.15, 0.2) is 122 Å². The van der Waals surface area contributed by atoms with Crippen molar-refractivity contribution in [1.82, 2.24) is 0 Å². The predicted molar refractivity (Wildman–Crippen MR) is 232 cm³/mol. The van der Waals surface area contributed by atoms with Gasteiger partial charge < -0.3 is 24.6 Å². The first-order chi connectivity index (χ1) is 27.3. The summed E-state index contributed by atoms with van der Waals surface area (Å²) >= 11 is 0. The molecule has 0 aliphatic heterocycles. The third-order valence-corrected chi connectivity index (χ3v) is 8.63. The van der Waals surface area contributed by atoms with Gasteiger partial charge in [0.25, 0.3) is 0 Å². The fourth-order valence-corrected chi connectivity index (χ4v) is 5.42. The normalized spacial score (nSPS) is 15.3. The number of ether oxygens (including phenoxy) is 2. The summed E-state index contributed by atoms with van der Waals surface area (Å²) in [6.07, 6.45) is 54.7. The number of esters is 1. The van der Waals surface area contributed by atoms with Crippen LogP contribution in [0, 0.1) is 0 Å². The Kier molecular flexibility index (Phi) is 39.2. The van der Waals surface area contributed by atoms with Crippen LogP contribution in [0.3, 0.4) is 0 Å². The lowest BCUT2D eigenvalue weighted by Gasteiger charge is -2.20. The van der Waals surface area contributed by atoms with Gasteiger partial charge in [0.15, 0.2) is 0 Å². The van der Waals surface area contributed by atoms with Crippen molar-refractivity contribution in [3.05, 3.63) is 122 Å². The third kappa shape index (κ3) is 40.5. The van der Waals surface area contributed by atoms with E-state index in [2.05, 4.69) is 117 Å². The summed E-state index contributed by atoms with van der Waals surface area (Å²) in [7, 11) is -4.56. The highest BCUT2D eigenvalue weighted by atomic mass is 31.2. The molecule has 0 aromatic heterocycles. The molecule has 0 bridgehead atoms. The maximum atomic E-state index is 12.5. The van der Waals surface area contributed by atoms with Crippen LogP contribution >= 0.6 is 7.82 Å². The van der Waals surface area contributed by atoms with Gasteiger partial charge in [-0.2, -0.15) is 0 Å². The second-order valence-electron chi connectivity index (χ2n) is 12.9. The van der Waals surface area contributed by atoms with Gasteiger partial charge in [-0.25, -0.2) is 4.57 Å². The van der Waals surface area contributed by atoms with Gasteiger partial charge in [0, 0.05) is 6.61 Å². The average Bonchev–Trinajstić information content (AvgIpc) is 3.19. The highest BCUT2D eigenvalue weighted by Crippen LogP contribution is 2.43. The Bertz CT molecular complexity index is 1270. The Hall–Kier alpha value is -3.14. The molecule has 10 heteroatoms. The van der Waals surface area contributed by atoms with Crippen LogP contribution in [-0.2, 0) is 27.9 Å². The summed E-state index contributed by atoms with van der Waals surface area (Å²) in [5, 5.41) is 18.3. The van der Waals surface area contributed by atoms with E-state index in [1.807, 2.05) is 12.2 Å². The molecule has 9 nitrogen and oxygen atoms in total. The van der Waals surface area contributed by atoms with E-state index in [9.17, 15) is 19.4 Å². The maximum Gasteiger partial charge on any atom is 0.472 e. The van der Waals surface area contributed by atoms with Gasteiger partial charge in [0.1, 0.15) is 12.2 Å². The van der Waals surface area contributed by atoms with E-state index in [4.69, 9.17) is 23.6 Å². The Labute approximate surface area is 339 Å². The molecule has 316 valence electrons. The van der Waals surface area contributed by atoms with Crippen LogP contribution in [0.1, 0.15) is 117 Å². The number of hydrogen-bond donors (Lipinski definition) is 3. The number of phosphoric ester groups is 1. The molecule has 0 saturated carbocycles. The standard InChI is InChI=1S/C46H73O9P/c1-3-5-7-9-11-13-15-17-19-20-21-22-23-25-27-29-31-33-35-37-39-52-42-45(43-54-56(50,51)53-41-44(48)40-47)55-46(49)38-36-34-32-30-28-26-24-18-16-14-12-10-8-6-4-2/h5-8,11-14,17-19,21-22,24-25,27-28,30,34,36,44-45,47-48H,3-4,9-10,15-16,20,23,26,29,31-33,35,37-43H2,1-2H3,(H,50,51)/b7-5-,8-6-,13-11-,14-12-,19-17-,22-21-,24-18-,27-25-,30-28-,36-34-. The number of aliphatic hydroxyl groups is 2. The summed E-state index contributed by atoms with van der Waals surface area (Å²) in [5.74, 6) is -0.525. The topological polar surface area (TPSA) is 132 Å². The molecule has 0 heterocycles. The molecule has 0 rings (SSSR count). The van der Waals surface area contributed by atoms with Crippen LogP contribution in [0.2, 0.25) is 0 Å². The number of rotatable bonds is 37. The van der Waals surface area contributed by atoms with E-state index in [1.54, 1.807) is 6.08 Å². The predicted octanol–water partition coefficient (Wildman–Crippen LogP) is 11.2. The minimum atomic E-state index is -4.56. The second kappa shape index (κ2) is 41.5. The van der Waals surface area contributed by atoms with Gasteiger partial charge in [-0.3, -0.25) is 13.8 Å². The van der Waals surface area contributed by atoms with Crippen LogP contribution in [0.5, 0.6) is 0 Å². The number of aliphatic hydroxyl groups excluding tert-OH is 2. The third-order valence-electron chi connectivity index (χ3n) is 7.68. The molecule has 3 unspecified atom stereocenters.